The van der Waals surface area contributed by atoms with Gasteiger partial charge in [-0.25, -0.2) is 4.79 Å². The highest BCUT2D eigenvalue weighted by Crippen LogP contribution is 2.34. The number of hydrogen-bond donors (Lipinski definition) is 3. The topological polar surface area (TPSA) is 66.4 Å². The van der Waals surface area contributed by atoms with Crippen molar-refractivity contribution in [1.82, 2.24) is 5.32 Å². The summed E-state index contributed by atoms with van der Waals surface area (Å²) in [6, 6.07) is 9.47. The van der Waals surface area contributed by atoms with Gasteiger partial charge in [-0.3, -0.25) is 4.79 Å². The Labute approximate surface area is 154 Å². The van der Waals surface area contributed by atoms with Crippen molar-refractivity contribution in [3.05, 3.63) is 69.7 Å². The average molecular weight is 382 g/mol. The molecule has 0 bridgehead atoms. The maximum Gasteiger partial charge on any atom is 0.335 e. The lowest BCUT2D eigenvalue weighted by atomic mass is 10.1. The lowest BCUT2D eigenvalue weighted by Gasteiger charge is -2.11. The number of nitrogens with one attached hydrogen (secondary N) is 1. The number of carbonyl (C=O) groups is 2. The van der Waals surface area contributed by atoms with Crippen molar-refractivity contribution in [3.63, 3.8) is 0 Å². The fraction of sp³-hybridized carbons (Fsp3) is 0.0588. The lowest BCUT2D eigenvalue weighted by molar-refractivity contribution is -0.115. The fourth-order valence-corrected chi connectivity index (χ4v) is 2.64. The number of carboxylic acids is 1. The Bertz CT molecular complexity index is 819. The van der Waals surface area contributed by atoms with Crippen LogP contribution in [0.2, 0.25) is 10.0 Å². The van der Waals surface area contributed by atoms with Gasteiger partial charge in [-0.15, -0.1) is 12.6 Å². The molecule has 0 aromatic heterocycles. The summed E-state index contributed by atoms with van der Waals surface area (Å²) >= 11 is 16.3. The van der Waals surface area contributed by atoms with Gasteiger partial charge >= 0.3 is 5.97 Å². The number of benzene rings is 2. The van der Waals surface area contributed by atoms with Crippen molar-refractivity contribution in [2.45, 2.75) is 11.4 Å². The summed E-state index contributed by atoms with van der Waals surface area (Å²) in [5.41, 5.74) is 1.55. The van der Waals surface area contributed by atoms with Crippen molar-refractivity contribution in [2.24, 2.45) is 0 Å². The molecule has 7 heteroatoms. The minimum atomic E-state index is -1.00. The van der Waals surface area contributed by atoms with E-state index in [2.05, 4.69) is 24.5 Å². The number of carboxylic acid groups (broad SMARTS) is 1. The van der Waals surface area contributed by atoms with Gasteiger partial charge in [0.15, 0.2) is 0 Å². The summed E-state index contributed by atoms with van der Waals surface area (Å²) < 4.78 is 0. The van der Waals surface area contributed by atoms with Crippen LogP contribution in [0.3, 0.4) is 0 Å². The Balaban J connectivity index is 2.06. The normalized spacial score (nSPS) is 10.3. The molecule has 0 spiro atoms. The van der Waals surface area contributed by atoms with Gasteiger partial charge in [-0.1, -0.05) is 48.0 Å². The minimum absolute atomic E-state index is 0.178. The van der Waals surface area contributed by atoms with Crippen molar-refractivity contribution in [2.75, 3.05) is 0 Å². The second-order valence-corrected chi connectivity index (χ2v) is 6.16. The molecule has 0 aliphatic carbocycles. The maximum atomic E-state index is 12.2. The highest BCUT2D eigenvalue weighted by molar-refractivity contribution is 7.80. The Hall–Kier alpha value is -1.95. The summed E-state index contributed by atoms with van der Waals surface area (Å²) in [5.74, 6) is -1.40. The molecule has 2 rings (SSSR count). The van der Waals surface area contributed by atoms with E-state index in [0.717, 1.165) is 5.56 Å². The molecular weight excluding hydrogens is 369 g/mol. The van der Waals surface area contributed by atoms with E-state index in [0.29, 0.717) is 10.5 Å². The Morgan fingerprint density at radius 2 is 1.71 bits per heavy atom. The van der Waals surface area contributed by atoms with E-state index in [1.807, 2.05) is 0 Å². The van der Waals surface area contributed by atoms with E-state index in [1.54, 1.807) is 24.3 Å². The number of hydrogen-bond acceptors (Lipinski definition) is 3. The molecule has 2 N–H and O–H groups in total. The lowest BCUT2D eigenvalue weighted by Crippen LogP contribution is -2.23. The number of carbonyl (C=O) groups excluding carboxylic acids is 1. The summed E-state index contributed by atoms with van der Waals surface area (Å²) in [6.07, 6.45) is 0. The third kappa shape index (κ3) is 4.12. The molecule has 2 aromatic rings. The number of amides is 1. The van der Waals surface area contributed by atoms with E-state index in [9.17, 15) is 9.59 Å². The molecule has 124 valence electrons. The molecule has 0 saturated carbocycles. The zero-order valence-corrected chi connectivity index (χ0v) is 14.8. The third-order valence-electron chi connectivity index (χ3n) is 3.32. The van der Waals surface area contributed by atoms with Crippen LogP contribution in [0.4, 0.5) is 0 Å². The first-order valence-electron chi connectivity index (χ1n) is 6.78. The van der Waals surface area contributed by atoms with Crippen LogP contribution in [-0.4, -0.2) is 17.0 Å². The van der Waals surface area contributed by atoms with Crippen LogP contribution in [0.15, 0.2) is 47.9 Å². The van der Waals surface area contributed by atoms with Gasteiger partial charge in [-0.05, 0) is 23.8 Å². The van der Waals surface area contributed by atoms with Crippen LogP contribution in [0.1, 0.15) is 21.5 Å². The van der Waals surface area contributed by atoms with Crippen LogP contribution < -0.4 is 5.32 Å². The number of thiol groups is 1. The Morgan fingerprint density at radius 3 is 2.29 bits per heavy atom. The molecule has 0 saturated heterocycles. The Kier molecular flexibility index (Phi) is 5.94. The summed E-state index contributed by atoms with van der Waals surface area (Å²) in [5, 5.41) is 12.0. The largest absolute Gasteiger partial charge is 0.478 e. The molecule has 0 aliphatic rings. The summed E-state index contributed by atoms with van der Waals surface area (Å²) in [7, 11) is 0. The van der Waals surface area contributed by atoms with E-state index < -0.39 is 11.9 Å². The van der Waals surface area contributed by atoms with Gasteiger partial charge in [0.25, 0.3) is 5.91 Å². The predicted molar refractivity (Wildman–Crippen MR) is 98.0 cm³/mol. The smallest absolute Gasteiger partial charge is 0.335 e. The molecule has 0 atom stereocenters. The van der Waals surface area contributed by atoms with Crippen molar-refractivity contribution >= 4 is 53.3 Å². The highest BCUT2D eigenvalue weighted by Gasteiger charge is 2.16. The van der Waals surface area contributed by atoms with Gasteiger partial charge in [-0.2, -0.15) is 0 Å². The first kappa shape index (κ1) is 18.4. The van der Waals surface area contributed by atoms with Crippen molar-refractivity contribution in [3.8, 4) is 0 Å². The van der Waals surface area contributed by atoms with Crippen LogP contribution >= 0.6 is 35.8 Å². The van der Waals surface area contributed by atoms with Crippen LogP contribution in [-0.2, 0) is 11.3 Å². The first-order chi connectivity index (χ1) is 11.3. The quantitative estimate of drug-likeness (QED) is 0.533. The van der Waals surface area contributed by atoms with Crippen LogP contribution in [0.25, 0.3) is 5.57 Å². The van der Waals surface area contributed by atoms with E-state index in [-0.39, 0.29) is 27.7 Å². The fourth-order valence-electron chi connectivity index (χ4n) is 1.95. The highest BCUT2D eigenvalue weighted by atomic mass is 35.5. The zero-order valence-electron chi connectivity index (χ0n) is 12.3. The van der Waals surface area contributed by atoms with E-state index >= 15 is 0 Å². The minimum Gasteiger partial charge on any atom is -0.478 e. The van der Waals surface area contributed by atoms with E-state index in [4.69, 9.17) is 28.3 Å². The predicted octanol–water partition coefficient (Wildman–Crippen LogP) is 4.31. The molecular formula is C17H13Cl2NO3S. The molecule has 0 fully saturated rings. The zero-order chi connectivity index (χ0) is 17.9. The average Bonchev–Trinajstić information content (AvgIpc) is 2.57. The standard InChI is InChI=1S/C17H13Cl2NO3S/c1-9(12-6-7-13(24)15(19)14(12)18)16(21)20-8-10-2-4-11(5-3-10)17(22)23/h2-7,24H,1,8H2,(H,20,21)(H,22,23). The Morgan fingerprint density at radius 1 is 1.08 bits per heavy atom. The first-order valence-corrected chi connectivity index (χ1v) is 7.98. The SMILES string of the molecule is C=C(C(=O)NCc1ccc(C(=O)O)cc1)c1ccc(S)c(Cl)c1Cl. The van der Waals surface area contributed by atoms with Gasteiger partial charge in [0.1, 0.15) is 0 Å². The molecule has 0 unspecified atom stereocenters. The molecule has 0 radical (unpaired) electrons. The molecule has 2 aromatic carbocycles. The van der Waals surface area contributed by atoms with Crippen molar-refractivity contribution in [1.29, 1.82) is 0 Å². The second-order valence-electron chi connectivity index (χ2n) is 4.92. The number of rotatable bonds is 5. The van der Waals surface area contributed by atoms with Gasteiger partial charge in [0.05, 0.1) is 15.6 Å². The summed E-state index contributed by atoms with van der Waals surface area (Å²) in [6.45, 7) is 3.98. The van der Waals surface area contributed by atoms with Gasteiger partial charge in [0.2, 0.25) is 0 Å². The molecule has 24 heavy (non-hydrogen) atoms. The molecule has 0 heterocycles. The van der Waals surface area contributed by atoms with Crippen LogP contribution in [0, 0.1) is 0 Å². The van der Waals surface area contributed by atoms with E-state index in [1.165, 1.54) is 12.1 Å². The molecule has 1 amide bonds. The van der Waals surface area contributed by atoms with Gasteiger partial charge in [0, 0.05) is 22.6 Å². The molecule has 0 aliphatic heterocycles. The number of halogens is 2. The number of aromatic carboxylic acids is 1. The van der Waals surface area contributed by atoms with Crippen LogP contribution in [0.5, 0.6) is 0 Å². The molecule has 4 nitrogen and oxygen atoms in total. The third-order valence-corrected chi connectivity index (χ3v) is 4.70. The van der Waals surface area contributed by atoms with Gasteiger partial charge < -0.3 is 10.4 Å². The monoisotopic (exact) mass is 381 g/mol. The maximum absolute atomic E-state index is 12.2. The summed E-state index contributed by atoms with van der Waals surface area (Å²) in [4.78, 5) is 23.5. The van der Waals surface area contributed by atoms with Crippen molar-refractivity contribution < 1.29 is 14.7 Å². The second kappa shape index (κ2) is 7.75.